The molecule has 1 aromatic heterocycles. The van der Waals surface area contributed by atoms with Crippen LogP contribution in [-0.2, 0) is 14.3 Å². The van der Waals surface area contributed by atoms with E-state index in [0.29, 0.717) is 22.7 Å². The van der Waals surface area contributed by atoms with Gasteiger partial charge in [0.15, 0.2) is 0 Å². The van der Waals surface area contributed by atoms with Crippen LogP contribution in [0.25, 0.3) is 11.8 Å². The zero-order chi connectivity index (χ0) is 29.0. The Labute approximate surface area is 239 Å². The summed E-state index contributed by atoms with van der Waals surface area (Å²) in [6, 6.07) is 17.9. The van der Waals surface area contributed by atoms with Gasteiger partial charge in [-0.1, -0.05) is 41.9 Å². The van der Waals surface area contributed by atoms with Crippen LogP contribution < -0.4 is 10.6 Å². The fourth-order valence-corrected chi connectivity index (χ4v) is 4.74. The molecule has 0 spiro atoms. The van der Waals surface area contributed by atoms with E-state index < -0.39 is 29.1 Å². The van der Waals surface area contributed by atoms with Crippen molar-refractivity contribution in [3.8, 4) is 5.69 Å². The van der Waals surface area contributed by atoms with Crippen LogP contribution >= 0.6 is 11.6 Å². The number of esters is 1. The van der Waals surface area contributed by atoms with Gasteiger partial charge in [0.25, 0.3) is 5.91 Å². The summed E-state index contributed by atoms with van der Waals surface area (Å²) in [4.78, 5) is 38.7. The highest BCUT2D eigenvalue weighted by atomic mass is 35.5. The molecule has 0 saturated heterocycles. The molecular weight excluding hydrogens is 551 g/mol. The summed E-state index contributed by atoms with van der Waals surface area (Å²) in [5, 5.41) is 17.0. The number of benzene rings is 3. The number of carbonyl (C=O) groups excluding carboxylic acids is 3. The molecular formula is C29H24ClFN6O4. The number of halogens is 2. The number of carbonyl (C=O) groups is 3. The molecule has 4 aromatic rings. The first kappa shape index (κ1) is 27.7. The molecule has 1 aliphatic carbocycles. The highest BCUT2D eigenvalue weighted by molar-refractivity contribution is 6.30. The second-order valence-electron chi connectivity index (χ2n) is 9.29. The molecule has 1 saturated carbocycles. The number of anilines is 1. The minimum Gasteiger partial charge on any atom is -0.462 e. The highest BCUT2D eigenvalue weighted by Gasteiger charge is 2.61. The fourth-order valence-electron chi connectivity index (χ4n) is 4.55. The van der Waals surface area contributed by atoms with Crippen molar-refractivity contribution in [3.05, 3.63) is 107 Å². The van der Waals surface area contributed by atoms with E-state index in [1.165, 1.54) is 35.3 Å². The lowest BCUT2D eigenvalue weighted by Gasteiger charge is -2.19. The quantitative estimate of drug-likeness (QED) is 0.225. The molecule has 1 aliphatic rings. The largest absolute Gasteiger partial charge is 0.462 e. The van der Waals surface area contributed by atoms with Gasteiger partial charge in [-0.25, -0.2) is 9.18 Å². The Bertz CT molecular complexity index is 1630. The molecule has 0 aliphatic heterocycles. The molecule has 12 heteroatoms. The normalized spacial score (nSPS) is 17.7. The van der Waals surface area contributed by atoms with Crippen molar-refractivity contribution in [1.82, 2.24) is 25.5 Å². The van der Waals surface area contributed by atoms with Crippen LogP contribution in [0.2, 0.25) is 5.02 Å². The Morgan fingerprint density at radius 1 is 1.15 bits per heavy atom. The predicted octanol–water partition coefficient (Wildman–Crippen LogP) is 4.33. The summed E-state index contributed by atoms with van der Waals surface area (Å²) in [6.07, 6.45) is 4.53. The maximum atomic E-state index is 14.8. The van der Waals surface area contributed by atoms with Crippen LogP contribution in [0.15, 0.2) is 79.1 Å². The van der Waals surface area contributed by atoms with Gasteiger partial charge in [-0.2, -0.15) is 4.68 Å². The van der Waals surface area contributed by atoms with Gasteiger partial charge in [-0.05, 0) is 71.8 Å². The number of tetrazole rings is 1. The Balaban J connectivity index is 1.38. The molecule has 0 bridgehead atoms. The first-order valence-corrected chi connectivity index (χ1v) is 13.0. The van der Waals surface area contributed by atoms with Crippen molar-refractivity contribution in [2.75, 3.05) is 11.9 Å². The summed E-state index contributed by atoms with van der Waals surface area (Å²) in [5.74, 6) is -2.95. The van der Waals surface area contributed by atoms with Crippen molar-refractivity contribution >= 4 is 41.1 Å². The number of aromatic nitrogens is 4. The predicted molar refractivity (Wildman–Crippen MR) is 149 cm³/mol. The second-order valence-corrected chi connectivity index (χ2v) is 9.72. The van der Waals surface area contributed by atoms with E-state index in [1.807, 2.05) is 30.3 Å². The lowest BCUT2D eigenvalue weighted by atomic mass is 10.0. The van der Waals surface area contributed by atoms with Crippen LogP contribution in [-0.4, -0.2) is 50.1 Å². The number of nitrogens with one attached hydrogen (secondary N) is 2. The number of amides is 2. The van der Waals surface area contributed by atoms with Gasteiger partial charge in [-0.15, -0.1) is 5.10 Å². The molecule has 1 heterocycles. The van der Waals surface area contributed by atoms with Gasteiger partial charge in [0.05, 0.1) is 23.5 Å². The van der Waals surface area contributed by atoms with E-state index in [1.54, 1.807) is 25.1 Å². The number of hydrogen-bond acceptors (Lipinski definition) is 7. The van der Waals surface area contributed by atoms with Gasteiger partial charge in [-0.3, -0.25) is 9.59 Å². The van der Waals surface area contributed by atoms with Crippen molar-refractivity contribution < 1.29 is 23.5 Å². The number of ether oxygens (including phenoxy) is 1. The zero-order valence-electron chi connectivity index (χ0n) is 21.8. The first-order chi connectivity index (χ1) is 19.8. The topological polar surface area (TPSA) is 128 Å². The average Bonchev–Trinajstić information content (AvgIpc) is 3.43. The minimum absolute atomic E-state index is 0.0196. The second kappa shape index (κ2) is 11.7. The summed E-state index contributed by atoms with van der Waals surface area (Å²) in [6.45, 7) is 1.79. The maximum Gasteiger partial charge on any atom is 0.338 e. The molecule has 2 amide bonds. The van der Waals surface area contributed by atoms with Crippen molar-refractivity contribution in [2.45, 2.75) is 24.8 Å². The minimum atomic E-state index is -1.33. The molecule has 0 radical (unpaired) electrons. The SMILES string of the molecule is CCOC(=O)c1ccc(NC(=O)C2(NC(=O)/C=C/c3cc(Cl)ccc3-n3cnnn3)CC2c2ccccc2)c(F)c1. The van der Waals surface area contributed by atoms with Crippen LogP contribution in [0.4, 0.5) is 10.1 Å². The molecule has 5 rings (SSSR count). The van der Waals surface area contributed by atoms with E-state index in [-0.39, 0.29) is 23.8 Å². The summed E-state index contributed by atoms with van der Waals surface area (Å²) >= 11 is 6.17. The van der Waals surface area contributed by atoms with E-state index in [4.69, 9.17) is 16.3 Å². The monoisotopic (exact) mass is 574 g/mol. The molecule has 41 heavy (non-hydrogen) atoms. The first-order valence-electron chi connectivity index (χ1n) is 12.7. The summed E-state index contributed by atoms with van der Waals surface area (Å²) < 4.78 is 21.2. The Morgan fingerprint density at radius 2 is 1.95 bits per heavy atom. The van der Waals surface area contributed by atoms with E-state index in [9.17, 15) is 18.8 Å². The Hall–Kier alpha value is -4.90. The third-order valence-corrected chi connectivity index (χ3v) is 6.88. The Kier molecular flexibility index (Phi) is 7.88. The third kappa shape index (κ3) is 5.99. The average molecular weight is 575 g/mol. The summed E-state index contributed by atoms with van der Waals surface area (Å²) in [7, 11) is 0. The van der Waals surface area contributed by atoms with Crippen LogP contribution in [0.5, 0.6) is 0 Å². The van der Waals surface area contributed by atoms with Gasteiger partial charge in [0, 0.05) is 22.6 Å². The molecule has 10 nitrogen and oxygen atoms in total. The number of nitrogens with zero attached hydrogens (tertiary/aromatic N) is 4. The molecule has 208 valence electrons. The molecule has 2 N–H and O–H groups in total. The smallest absolute Gasteiger partial charge is 0.338 e. The molecule has 2 atom stereocenters. The molecule has 2 unspecified atom stereocenters. The zero-order valence-corrected chi connectivity index (χ0v) is 22.5. The van der Waals surface area contributed by atoms with Crippen LogP contribution in [0, 0.1) is 5.82 Å². The summed E-state index contributed by atoms with van der Waals surface area (Å²) in [5.41, 5.74) is 0.564. The lowest BCUT2D eigenvalue weighted by molar-refractivity contribution is -0.124. The standard InChI is InChI=1S/C29H24ClFN6O4/c1-2-41-27(39)20-8-11-24(23(31)15-20)33-28(40)29(16-22(29)18-6-4-3-5-7-18)34-26(38)13-9-19-14-21(30)10-12-25(19)37-17-32-35-36-37/h3-15,17,22H,2,16H2,1H3,(H,33,40)(H,34,38)/b13-9+. The van der Waals surface area contributed by atoms with Crippen molar-refractivity contribution in [2.24, 2.45) is 0 Å². The highest BCUT2D eigenvalue weighted by Crippen LogP contribution is 2.52. The number of rotatable bonds is 9. The van der Waals surface area contributed by atoms with Gasteiger partial charge in [0.1, 0.15) is 17.7 Å². The van der Waals surface area contributed by atoms with Crippen LogP contribution in [0.1, 0.15) is 40.7 Å². The van der Waals surface area contributed by atoms with Gasteiger partial charge < -0.3 is 15.4 Å². The van der Waals surface area contributed by atoms with E-state index in [2.05, 4.69) is 26.2 Å². The Morgan fingerprint density at radius 3 is 2.66 bits per heavy atom. The maximum absolute atomic E-state index is 14.8. The van der Waals surface area contributed by atoms with E-state index >= 15 is 0 Å². The lowest BCUT2D eigenvalue weighted by Crippen LogP contribution is -2.47. The van der Waals surface area contributed by atoms with Gasteiger partial charge >= 0.3 is 5.97 Å². The molecule has 1 fully saturated rings. The van der Waals surface area contributed by atoms with E-state index in [0.717, 1.165) is 11.6 Å². The molecule has 3 aromatic carbocycles. The van der Waals surface area contributed by atoms with Crippen molar-refractivity contribution in [3.63, 3.8) is 0 Å². The fraction of sp³-hybridized carbons (Fsp3) is 0.172. The number of hydrogen-bond donors (Lipinski definition) is 2. The van der Waals surface area contributed by atoms with Crippen molar-refractivity contribution in [1.29, 1.82) is 0 Å². The van der Waals surface area contributed by atoms with Crippen LogP contribution in [0.3, 0.4) is 0 Å². The third-order valence-electron chi connectivity index (χ3n) is 6.64. The van der Waals surface area contributed by atoms with Gasteiger partial charge in [0.2, 0.25) is 5.91 Å².